The van der Waals surface area contributed by atoms with E-state index in [1.54, 1.807) is 25.4 Å². The van der Waals surface area contributed by atoms with Crippen LogP contribution in [0.15, 0.2) is 66.9 Å². The number of hydrogen-bond acceptors (Lipinski definition) is 7. The van der Waals surface area contributed by atoms with E-state index >= 15 is 0 Å². The van der Waals surface area contributed by atoms with Gasteiger partial charge in [0, 0.05) is 17.3 Å². The first kappa shape index (κ1) is 20.4. The average Bonchev–Trinajstić information content (AvgIpc) is 3.43. The van der Waals surface area contributed by atoms with Crippen molar-refractivity contribution in [1.82, 2.24) is 15.3 Å². The topological polar surface area (TPSA) is 94.6 Å². The van der Waals surface area contributed by atoms with E-state index in [2.05, 4.69) is 20.6 Å². The minimum Gasteiger partial charge on any atom is -0.496 e. The van der Waals surface area contributed by atoms with Crippen LogP contribution in [0.1, 0.15) is 10.4 Å². The van der Waals surface area contributed by atoms with Gasteiger partial charge in [0.1, 0.15) is 18.0 Å². The van der Waals surface area contributed by atoms with E-state index in [4.69, 9.17) is 14.2 Å². The first-order valence-electron chi connectivity index (χ1n) is 10.5. The standard InChI is InChI=1S/C24H24N4O4/c1-30-20-10-6-5-9-16(20)17-11-12-25-24(27-17)28-19-14-32-21-18(13-31-22(19)21)26-23(29)15-7-3-2-4-8-15/h2-12,18-19,21-22H,13-14H2,1H3,(H,26,29)(H,25,27,28)/t18-,19+,21-,22+/m0/s1. The Morgan fingerprint density at radius 3 is 2.50 bits per heavy atom. The molecule has 1 aromatic heterocycles. The fourth-order valence-electron chi connectivity index (χ4n) is 4.19. The summed E-state index contributed by atoms with van der Waals surface area (Å²) in [7, 11) is 1.64. The van der Waals surface area contributed by atoms with Gasteiger partial charge in [0.05, 0.1) is 38.1 Å². The van der Waals surface area contributed by atoms with E-state index in [9.17, 15) is 4.79 Å². The maximum atomic E-state index is 12.5. The Morgan fingerprint density at radius 2 is 1.69 bits per heavy atom. The molecule has 0 radical (unpaired) electrons. The molecule has 8 nitrogen and oxygen atoms in total. The number of fused-ring (bicyclic) bond motifs is 1. The molecule has 32 heavy (non-hydrogen) atoms. The molecule has 2 fully saturated rings. The van der Waals surface area contributed by atoms with Gasteiger partial charge in [-0.25, -0.2) is 9.97 Å². The maximum absolute atomic E-state index is 12.5. The fourth-order valence-corrected chi connectivity index (χ4v) is 4.19. The molecule has 2 N–H and O–H groups in total. The van der Waals surface area contributed by atoms with Crippen molar-refractivity contribution in [2.24, 2.45) is 0 Å². The van der Waals surface area contributed by atoms with Gasteiger partial charge in [0.2, 0.25) is 5.95 Å². The molecule has 2 aromatic carbocycles. The Balaban J connectivity index is 1.26. The van der Waals surface area contributed by atoms with Crippen LogP contribution < -0.4 is 15.4 Å². The lowest BCUT2D eigenvalue weighted by Gasteiger charge is -2.18. The van der Waals surface area contributed by atoms with E-state index in [0.717, 1.165) is 17.0 Å². The van der Waals surface area contributed by atoms with Crippen molar-refractivity contribution in [2.45, 2.75) is 24.3 Å². The van der Waals surface area contributed by atoms with Gasteiger partial charge < -0.3 is 24.8 Å². The summed E-state index contributed by atoms with van der Waals surface area (Å²) in [4.78, 5) is 21.5. The molecule has 0 saturated carbocycles. The second-order valence-electron chi connectivity index (χ2n) is 7.76. The Morgan fingerprint density at radius 1 is 0.969 bits per heavy atom. The molecule has 0 aliphatic carbocycles. The van der Waals surface area contributed by atoms with Gasteiger partial charge in [-0.05, 0) is 30.3 Å². The van der Waals surface area contributed by atoms with Crippen molar-refractivity contribution < 1.29 is 19.0 Å². The molecule has 2 aliphatic rings. The van der Waals surface area contributed by atoms with Gasteiger partial charge in [-0.3, -0.25) is 4.79 Å². The van der Waals surface area contributed by atoms with Crippen LogP contribution in [0.4, 0.5) is 5.95 Å². The molecule has 4 atom stereocenters. The number of para-hydroxylation sites is 1. The lowest BCUT2D eigenvalue weighted by molar-refractivity contribution is 0.0652. The smallest absolute Gasteiger partial charge is 0.251 e. The van der Waals surface area contributed by atoms with Crippen LogP contribution in [0, 0.1) is 0 Å². The van der Waals surface area contributed by atoms with Gasteiger partial charge in [-0.15, -0.1) is 0 Å². The van der Waals surface area contributed by atoms with Crippen LogP contribution >= 0.6 is 0 Å². The van der Waals surface area contributed by atoms with Gasteiger partial charge >= 0.3 is 0 Å². The molecule has 0 bridgehead atoms. The number of hydrogen-bond donors (Lipinski definition) is 2. The van der Waals surface area contributed by atoms with E-state index in [1.807, 2.05) is 48.5 Å². The van der Waals surface area contributed by atoms with E-state index in [1.165, 1.54) is 0 Å². The molecule has 0 unspecified atom stereocenters. The van der Waals surface area contributed by atoms with Crippen LogP contribution in [-0.4, -0.2) is 60.5 Å². The highest BCUT2D eigenvalue weighted by molar-refractivity contribution is 5.94. The van der Waals surface area contributed by atoms with E-state index in [-0.39, 0.29) is 30.2 Å². The first-order chi connectivity index (χ1) is 15.7. The summed E-state index contributed by atoms with van der Waals surface area (Å²) in [5, 5.41) is 6.37. The van der Waals surface area contributed by atoms with Crippen molar-refractivity contribution >= 4 is 11.9 Å². The zero-order valence-corrected chi connectivity index (χ0v) is 17.6. The van der Waals surface area contributed by atoms with Gasteiger partial charge in [0.25, 0.3) is 5.91 Å². The second kappa shape index (κ2) is 8.94. The molecular formula is C24H24N4O4. The van der Waals surface area contributed by atoms with Crippen LogP contribution in [0.25, 0.3) is 11.3 Å². The van der Waals surface area contributed by atoms with Gasteiger partial charge in [-0.1, -0.05) is 30.3 Å². The van der Waals surface area contributed by atoms with Gasteiger partial charge in [-0.2, -0.15) is 0 Å². The van der Waals surface area contributed by atoms with Crippen LogP contribution in [-0.2, 0) is 9.47 Å². The number of aromatic nitrogens is 2. The number of benzene rings is 2. The molecule has 2 saturated heterocycles. The number of nitrogens with zero attached hydrogens (tertiary/aromatic N) is 2. The number of methoxy groups -OCH3 is 1. The Hall–Kier alpha value is -3.49. The maximum Gasteiger partial charge on any atom is 0.251 e. The average molecular weight is 432 g/mol. The van der Waals surface area contributed by atoms with E-state index in [0.29, 0.717) is 24.7 Å². The summed E-state index contributed by atoms with van der Waals surface area (Å²) in [5.41, 5.74) is 2.27. The van der Waals surface area contributed by atoms with Crippen molar-refractivity contribution in [3.8, 4) is 17.0 Å². The summed E-state index contributed by atoms with van der Waals surface area (Å²) in [5.74, 6) is 1.10. The highest BCUT2D eigenvalue weighted by atomic mass is 16.6. The largest absolute Gasteiger partial charge is 0.496 e. The summed E-state index contributed by atoms with van der Waals surface area (Å²) in [6.45, 7) is 0.837. The number of rotatable bonds is 6. The third kappa shape index (κ3) is 4.02. The monoisotopic (exact) mass is 432 g/mol. The quantitative estimate of drug-likeness (QED) is 0.618. The number of amides is 1. The molecule has 0 spiro atoms. The number of carbonyl (C=O) groups excluding carboxylic acids is 1. The summed E-state index contributed by atoms with van der Waals surface area (Å²) < 4.78 is 17.4. The number of anilines is 1. The lowest BCUT2D eigenvalue weighted by atomic mass is 10.1. The SMILES string of the molecule is COc1ccccc1-c1ccnc(N[C@@H]2CO[C@@H]3[C@@H]2OC[C@@H]3NC(=O)c2ccccc2)n1. The first-order valence-corrected chi connectivity index (χ1v) is 10.5. The zero-order chi connectivity index (χ0) is 21.9. The predicted octanol–water partition coefficient (Wildman–Crippen LogP) is 2.53. The van der Waals surface area contributed by atoms with Crippen LogP contribution in [0.2, 0.25) is 0 Å². The van der Waals surface area contributed by atoms with Crippen LogP contribution in [0.5, 0.6) is 5.75 Å². The normalized spacial score (nSPS) is 24.0. The zero-order valence-electron chi connectivity index (χ0n) is 17.6. The minimum absolute atomic E-state index is 0.119. The highest BCUT2D eigenvalue weighted by Gasteiger charge is 2.48. The molecular weight excluding hydrogens is 408 g/mol. The molecule has 2 aliphatic heterocycles. The number of ether oxygens (including phenoxy) is 3. The molecule has 3 heterocycles. The molecule has 8 heteroatoms. The second-order valence-corrected chi connectivity index (χ2v) is 7.76. The lowest BCUT2D eigenvalue weighted by Crippen LogP contribution is -2.44. The summed E-state index contributed by atoms with van der Waals surface area (Å²) >= 11 is 0. The number of nitrogens with one attached hydrogen (secondary N) is 2. The molecule has 1 amide bonds. The van der Waals surface area contributed by atoms with E-state index < -0.39 is 0 Å². The summed E-state index contributed by atoms with van der Waals surface area (Å²) in [6.07, 6.45) is 1.29. The molecule has 5 rings (SSSR count). The van der Waals surface area contributed by atoms with Crippen molar-refractivity contribution in [1.29, 1.82) is 0 Å². The Bertz CT molecular complexity index is 1090. The third-order valence-corrected chi connectivity index (χ3v) is 5.76. The Labute approximate surface area is 185 Å². The van der Waals surface area contributed by atoms with Crippen molar-refractivity contribution in [3.05, 3.63) is 72.4 Å². The molecule has 164 valence electrons. The third-order valence-electron chi connectivity index (χ3n) is 5.76. The predicted molar refractivity (Wildman–Crippen MR) is 119 cm³/mol. The van der Waals surface area contributed by atoms with Crippen molar-refractivity contribution in [3.63, 3.8) is 0 Å². The van der Waals surface area contributed by atoms with Crippen LogP contribution in [0.3, 0.4) is 0 Å². The Kier molecular flexibility index (Phi) is 5.70. The van der Waals surface area contributed by atoms with Crippen molar-refractivity contribution in [2.75, 3.05) is 25.6 Å². The fraction of sp³-hybridized carbons (Fsp3) is 0.292. The summed E-state index contributed by atoms with van der Waals surface area (Å²) in [6, 6.07) is 18.4. The van der Waals surface area contributed by atoms with Gasteiger partial charge in [0.15, 0.2) is 0 Å². The highest BCUT2D eigenvalue weighted by Crippen LogP contribution is 2.31. The molecule has 3 aromatic rings. The number of carbonyl (C=O) groups is 1. The minimum atomic E-state index is -0.224.